The third-order valence-corrected chi connectivity index (χ3v) is 1.51. The summed E-state index contributed by atoms with van der Waals surface area (Å²) < 4.78 is 0.814. The van der Waals surface area contributed by atoms with Gasteiger partial charge in [-0.25, -0.2) is 4.79 Å². The number of carbonyl (C=O) groups excluding carboxylic acids is 1. The molecule has 0 saturated carbocycles. The van der Waals surface area contributed by atoms with Crippen LogP contribution in [0.15, 0.2) is 18.3 Å². The Morgan fingerprint density at radius 3 is 2.62 bits per heavy atom. The Balaban J connectivity index is 3.27. The standard InChI is InChI=1S/C6H8BN3O3/c8-5-2-1-4(7(12)13)3-10(5)6(9)11/h1-3,8,12-13H,(H2,9,11). The summed E-state index contributed by atoms with van der Waals surface area (Å²) in [5.41, 5.74) is 4.92. The monoisotopic (exact) mass is 181 g/mol. The molecule has 0 bridgehead atoms. The van der Waals surface area contributed by atoms with Gasteiger partial charge in [0.15, 0.2) is 0 Å². The van der Waals surface area contributed by atoms with Crippen molar-refractivity contribution >= 4 is 18.6 Å². The van der Waals surface area contributed by atoms with Crippen molar-refractivity contribution in [2.45, 2.75) is 0 Å². The highest BCUT2D eigenvalue weighted by molar-refractivity contribution is 6.58. The number of nitrogens with one attached hydrogen (secondary N) is 1. The van der Waals surface area contributed by atoms with Gasteiger partial charge < -0.3 is 15.8 Å². The highest BCUT2D eigenvalue weighted by Crippen LogP contribution is 1.80. The van der Waals surface area contributed by atoms with Crippen molar-refractivity contribution in [3.8, 4) is 0 Å². The fraction of sp³-hybridized carbons (Fsp3) is 0. The van der Waals surface area contributed by atoms with Crippen LogP contribution < -0.4 is 16.7 Å². The van der Waals surface area contributed by atoms with E-state index in [0.717, 1.165) is 10.8 Å². The number of primary amides is 1. The third kappa shape index (κ3) is 1.95. The first-order valence-electron chi connectivity index (χ1n) is 3.45. The van der Waals surface area contributed by atoms with Crippen molar-refractivity contribution < 1.29 is 14.8 Å². The molecule has 0 radical (unpaired) electrons. The number of hydrogen-bond donors (Lipinski definition) is 4. The van der Waals surface area contributed by atoms with Crippen LogP contribution in [0, 0.1) is 5.41 Å². The first kappa shape index (κ1) is 9.49. The van der Waals surface area contributed by atoms with Gasteiger partial charge in [0.1, 0.15) is 5.49 Å². The number of amides is 1. The second-order valence-electron chi connectivity index (χ2n) is 2.43. The SMILES string of the molecule is N=c1ccc(B(O)O)cn1C(N)=O. The summed E-state index contributed by atoms with van der Waals surface area (Å²) in [7, 11) is -1.67. The van der Waals surface area contributed by atoms with Gasteiger partial charge in [0.05, 0.1) is 0 Å². The number of rotatable bonds is 1. The zero-order valence-electron chi connectivity index (χ0n) is 6.64. The number of nitrogens with zero attached hydrogens (tertiary/aromatic N) is 1. The molecule has 5 N–H and O–H groups in total. The van der Waals surface area contributed by atoms with Crippen molar-refractivity contribution in [1.29, 1.82) is 5.41 Å². The molecule has 1 rings (SSSR count). The topological polar surface area (TPSA) is 112 Å². The highest BCUT2D eigenvalue weighted by Gasteiger charge is 2.12. The summed E-state index contributed by atoms with van der Waals surface area (Å²) in [4.78, 5) is 10.7. The molecule has 6 nitrogen and oxygen atoms in total. The van der Waals surface area contributed by atoms with Crippen LogP contribution in [0.5, 0.6) is 0 Å². The Morgan fingerprint density at radius 2 is 2.15 bits per heavy atom. The normalized spacial score (nSPS) is 9.69. The average molecular weight is 181 g/mol. The van der Waals surface area contributed by atoms with E-state index in [2.05, 4.69) is 0 Å². The lowest BCUT2D eigenvalue weighted by Gasteiger charge is -2.04. The Hall–Kier alpha value is -1.60. The molecule has 0 aromatic carbocycles. The van der Waals surface area contributed by atoms with Gasteiger partial charge in [-0.15, -0.1) is 0 Å². The molecule has 0 saturated heterocycles. The van der Waals surface area contributed by atoms with Gasteiger partial charge in [-0.05, 0) is 11.5 Å². The van der Waals surface area contributed by atoms with Crippen LogP contribution in [0.2, 0.25) is 0 Å². The summed E-state index contributed by atoms with van der Waals surface area (Å²) in [6.07, 6.45) is 1.11. The maximum absolute atomic E-state index is 10.7. The summed E-state index contributed by atoms with van der Waals surface area (Å²) in [5.74, 6) is 0. The molecule has 0 aliphatic rings. The van der Waals surface area contributed by atoms with Crippen LogP contribution in [-0.4, -0.2) is 27.8 Å². The predicted octanol–water partition coefficient (Wildman–Crippen LogP) is -2.43. The molecular formula is C6H8BN3O3. The minimum atomic E-state index is -1.67. The molecule has 0 atom stereocenters. The number of aromatic nitrogens is 1. The van der Waals surface area contributed by atoms with E-state index in [1.807, 2.05) is 0 Å². The molecular weight excluding hydrogens is 173 g/mol. The maximum atomic E-state index is 10.7. The van der Waals surface area contributed by atoms with Crippen LogP contribution in [-0.2, 0) is 0 Å². The summed E-state index contributed by atoms with van der Waals surface area (Å²) in [6.45, 7) is 0. The van der Waals surface area contributed by atoms with Crippen molar-refractivity contribution in [2.75, 3.05) is 0 Å². The van der Waals surface area contributed by atoms with Gasteiger partial charge in [-0.1, -0.05) is 6.07 Å². The number of carbonyl (C=O) groups is 1. The minimum absolute atomic E-state index is 0.106. The molecule has 0 fully saturated rings. The van der Waals surface area contributed by atoms with Gasteiger partial charge in [0.2, 0.25) is 0 Å². The van der Waals surface area contributed by atoms with Crippen LogP contribution in [0.25, 0.3) is 0 Å². The zero-order valence-corrected chi connectivity index (χ0v) is 6.64. The molecule has 68 valence electrons. The summed E-state index contributed by atoms with van der Waals surface area (Å²) in [6, 6.07) is 1.74. The van der Waals surface area contributed by atoms with Gasteiger partial charge >= 0.3 is 13.1 Å². The smallest absolute Gasteiger partial charge is 0.423 e. The van der Waals surface area contributed by atoms with E-state index in [4.69, 9.17) is 21.2 Å². The Morgan fingerprint density at radius 1 is 1.54 bits per heavy atom. The molecule has 7 heteroatoms. The van der Waals surface area contributed by atoms with Crippen molar-refractivity contribution in [1.82, 2.24) is 4.57 Å². The molecule has 0 aliphatic heterocycles. The lowest BCUT2D eigenvalue weighted by Crippen LogP contribution is -2.38. The largest absolute Gasteiger partial charge is 0.489 e. The second-order valence-corrected chi connectivity index (χ2v) is 2.43. The van der Waals surface area contributed by atoms with Crippen LogP contribution in [0.1, 0.15) is 0 Å². The lowest BCUT2D eigenvalue weighted by molar-refractivity contribution is 0.249. The molecule has 1 heterocycles. The number of pyridine rings is 1. The highest BCUT2D eigenvalue weighted by atomic mass is 16.4. The van der Waals surface area contributed by atoms with Gasteiger partial charge in [-0.3, -0.25) is 9.98 Å². The van der Waals surface area contributed by atoms with E-state index in [-0.39, 0.29) is 11.0 Å². The number of hydrogen-bond acceptors (Lipinski definition) is 4. The van der Waals surface area contributed by atoms with Gasteiger partial charge in [0, 0.05) is 6.20 Å². The maximum Gasteiger partial charge on any atom is 0.489 e. The molecule has 1 aromatic heterocycles. The Bertz CT molecular complexity index is 387. The van der Waals surface area contributed by atoms with E-state index in [9.17, 15) is 4.79 Å². The first-order valence-corrected chi connectivity index (χ1v) is 3.45. The van der Waals surface area contributed by atoms with Crippen molar-refractivity contribution in [2.24, 2.45) is 5.73 Å². The predicted molar refractivity (Wildman–Crippen MR) is 45.1 cm³/mol. The third-order valence-electron chi connectivity index (χ3n) is 1.51. The molecule has 0 aliphatic carbocycles. The second kappa shape index (κ2) is 3.42. The fourth-order valence-electron chi connectivity index (χ4n) is 0.852. The van der Waals surface area contributed by atoms with Crippen LogP contribution in [0.4, 0.5) is 4.79 Å². The first-order chi connectivity index (χ1) is 6.02. The summed E-state index contributed by atoms with van der Waals surface area (Å²) >= 11 is 0. The molecule has 13 heavy (non-hydrogen) atoms. The van der Waals surface area contributed by atoms with Gasteiger partial charge in [-0.2, -0.15) is 0 Å². The Kier molecular flexibility index (Phi) is 2.50. The van der Waals surface area contributed by atoms with E-state index >= 15 is 0 Å². The summed E-state index contributed by atoms with van der Waals surface area (Å²) in [5, 5.41) is 24.7. The van der Waals surface area contributed by atoms with E-state index in [1.54, 1.807) is 0 Å². The van der Waals surface area contributed by atoms with Crippen LogP contribution in [0.3, 0.4) is 0 Å². The minimum Gasteiger partial charge on any atom is -0.423 e. The zero-order chi connectivity index (χ0) is 10.0. The Labute approximate surface area is 73.9 Å². The van der Waals surface area contributed by atoms with Crippen molar-refractivity contribution in [3.05, 3.63) is 23.8 Å². The van der Waals surface area contributed by atoms with Gasteiger partial charge in [0.25, 0.3) is 0 Å². The van der Waals surface area contributed by atoms with E-state index < -0.39 is 13.1 Å². The van der Waals surface area contributed by atoms with E-state index in [0.29, 0.717) is 0 Å². The molecule has 0 unspecified atom stereocenters. The van der Waals surface area contributed by atoms with E-state index in [1.165, 1.54) is 12.1 Å². The lowest BCUT2D eigenvalue weighted by atomic mass is 9.82. The average Bonchev–Trinajstić information content (AvgIpc) is 2.04. The quantitative estimate of drug-likeness (QED) is 0.361. The van der Waals surface area contributed by atoms with Crippen LogP contribution >= 0.6 is 0 Å². The fourth-order valence-corrected chi connectivity index (χ4v) is 0.852. The van der Waals surface area contributed by atoms with Crippen molar-refractivity contribution in [3.63, 3.8) is 0 Å². The molecule has 1 amide bonds. The molecule has 1 aromatic rings. The number of nitrogens with two attached hydrogens (primary N) is 1. The molecule has 0 spiro atoms.